The SMILES string of the molecule is COc1ccncc1NC(=O)C1CCC(NC(=O)CC2CCCCC2)CC1. The van der Waals surface area contributed by atoms with Gasteiger partial charge >= 0.3 is 0 Å². The average Bonchev–Trinajstić information content (AvgIpc) is 2.69. The molecule has 1 aromatic rings. The van der Waals surface area contributed by atoms with Gasteiger partial charge in [0.1, 0.15) is 11.4 Å². The number of nitrogens with zero attached hydrogens (tertiary/aromatic N) is 1. The molecule has 0 atom stereocenters. The lowest BCUT2D eigenvalue weighted by atomic mass is 9.84. The first-order valence-corrected chi connectivity index (χ1v) is 10.2. The molecular weight excluding hydrogens is 342 g/mol. The Hall–Kier alpha value is -2.11. The molecule has 0 bridgehead atoms. The Labute approximate surface area is 161 Å². The number of aromatic nitrogens is 1. The fraction of sp³-hybridized carbons (Fsp3) is 0.667. The van der Waals surface area contributed by atoms with Crippen molar-refractivity contribution in [3.8, 4) is 5.75 Å². The van der Waals surface area contributed by atoms with Gasteiger partial charge in [0.05, 0.1) is 13.3 Å². The topological polar surface area (TPSA) is 80.3 Å². The van der Waals surface area contributed by atoms with E-state index >= 15 is 0 Å². The van der Waals surface area contributed by atoms with Gasteiger partial charge in [0.2, 0.25) is 11.8 Å². The predicted octanol–water partition coefficient (Wildman–Crippen LogP) is 3.67. The minimum Gasteiger partial charge on any atom is -0.494 e. The summed E-state index contributed by atoms with van der Waals surface area (Å²) < 4.78 is 5.25. The molecule has 0 saturated heterocycles. The van der Waals surface area contributed by atoms with Crippen molar-refractivity contribution in [1.29, 1.82) is 0 Å². The van der Waals surface area contributed by atoms with Crippen molar-refractivity contribution in [2.75, 3.05) is 12.4 Å². The van der Waals surface area contributed by atoms with E-state index < -0.39 is 0 Å². The van der Waals surface area contributed by atoms with Gasteiger partial charge in [-0.1, -0.05) is 19.3 Å². The van der Waals surface area contributed by atoms with Crippen LogP contribution in [0, 0.1) is 11.8 Å². The number of anilines is 1. The Kier molecular flexibility index (Phi) is 7.07. The maximum atomic E-state index is 12.5. The molecule has 2 fully saturated rings. The van der Waals surface area contributed by atoms with Crippen molar-refractivity contribution in [2.24, 2.45) is 11.8 Å². The molecule has 0 unspecified atom stereocenters. The molecular formula is C21H31N3O3. The van der Waals surface area contributed by atoms with Gasteiger partial charge < -0.3 is 15.4 Å². The smallest absolute Gasteiger partial charge is 0.227 e. The molecule has 0 spiro atoms. The van der Waals surface area contributed by atoms with Crippen LogP contribution in [0.2, 0.25) is 0 Å². The van der Waals surface area contributed by atoms with Crippen LogP contribution in [0.5, 0.6) is 5.75 Å². The third kappa shape index (κ3) is 5.68. The van der Waals surface area contributed by atoms with Crippen LogP contribution in [0.25, 0.3) is 0 Å². The van der Waals surface area contributed by atoms with Gasteiger partial charge in [0, 0.05) is 30.6 Å². The van der Waals surface area contributed by atoms with Crippen LogP contribution in [0.15, 0.2) is 18.5 Å². The molecule has 3 rings (SSSR count). The minimum atomic E-state index is -0.0265. The summed E-state index contributed by atoms with van der Waals surface area (Å²) >= 11 is 0. The summed E-state index contributed by atoms with van der Waals surface area (Å²) in [6, 6.07) is 1.94. The van der Waals surface area contributed by atoms with Crippen LogP contribution >= 0.6 is 0 Å². The number of nitrogens with one attached hydrogen (secondary N) is 2. The first-order chi connectivity index (χ1) is 13.2. The van der Waals surface area contributed by atoms with Crippen LogP contribution < -0.4 is 15.4 Å². The lowest BCUT2D eigenvalue weighted by Gasteiger charge is -2.29. The number of rotatable bonds is 6. The van der Waals surface area contributed by atoms with Crippen molar-refractivity contribution < 1.29 is 14.3 Å². The van der Waals surface area contributed by atoms with Gasteiger partial charge in [-0.15, -0.1) is 0 Å². The number of carbonyl (C=O) groups excluding carboxylic acids is 2. The maximum absolute atomic E-state index is 12.5. The molecule has 2 saturated carbocycles. The van der Waals surface area contributed by atoms with Crippen LogP contribution in [-0.4, -0.2) is 29.9 Å². The number of hydrogen-bond acceptors (Lipinski definition) is 4. The van der Waals surface area contributed by atoms with Gasteiger partial charge in [-0.05, 0) is 44.4 Å². The third-order valence-electron chi connectivity index (χ3n) is 5.92. The molecule has 2 aliphatic rings. The van der Waals surface area contributed by atoms with Crippen LogP contribution in [0.4, 0.5) is 5.69 Å². The zero-order valence-corrected chi connectivity index (χ0v) is 16.2. The Morgan fingerprint density at radius 3 is 2.56 bits per heavy atom. The summed E-state index contributed by atoms with van der Waals surface area (Å²) in [7, 11) is 1.58. The average molecular weight is 373 g/mol. The van der Waals surface area contributed by atoms with Crippen LogP contribution in [0.3, 0.4) is 0 Å². The first-order valence-electron chi connectivity index (χ1n) is 10.2. The van der Waals surface area contributed by atoms with Crippen molar-refractivity contribution in [2.45, 2.75) is 70.3 Å². The second-order valence-electron chi connectivity index (χ2n) is 7.89. The Bertz CT molecular complexity index is 635. The zero-order valence-electron chi connectivity index (χ0n) is 16.2. The van der Waals surface area contributed by atoms with E-state index in [4.69, 9.17) is 4.74 Å². The number of carbonyl (C=O) groups is 2. The maximum Gasteiger partial charge on any atom is 0.227 e. The normalized spacial score (nSPS) is 23.4. The summed E-state index contributed by atoms with van der Waals surface area (Å²) in [6.07, 6.45) is 13.4. The Morgan fingerprint density at radius 1 is 1.11 bits per heavy atom. The second-order valence-corrected chi connectivity index (χ2v) is 7.89. The van der Waals surface area contributed by atoms with Crippen LogP contribution in [-0.2, 0) is 9.59 Å². The molecule has 1 aromatic heterocycles. The first kappa shape index (κ1) is 19.6. The summed E-state index contributed by atoms with van der Waals surface area (Å²) in [5.41, 5.74) is 0.605. The number of ether oxygens (including phenoxy) is 1. The van der Waals surface area contributed by atoms with Gasteiger partial charge in [-0.3, -0.25) is 14.6 Å². The van der Waals surface area contributed by atoms with E-state index in [9.17, 15) is 9.59 Å². The van der Waals surface area contributed by atoms with Gasteiger partial charge in [0.15, 0.2) is 0 Å². The molecule has 6 heteroatoms. The molecule has 2 N–H and O–H groups in total. The fourth-order valence-corrected chi connectivity index (χ4v) is 4.33. The highest BCUT2D eigenvalue weighted by atomic mass is 16.5. The summed E-state index contributed by atoms with van der Waals surface area (Å²) in [4.78, 5) is 28.9. The monoisotopic (exact) mass is 373 g/mol. The van der Waals surface area contributed by atoms with E-state index in [1.807, 2.05) is 0 Å². The Balaban J connectivity index is 1.41. The minimum absolute atomic E-state index is 0.00767. The summed E-state index contributed by atoms with van der Waals surface area (Å²) in [5.74, 6) is 1.35. The number of amides is 2. The van der Waals surface area contributed by atoms with E-state index in [2.05, 4.69) is 15.6 Å². The fourth-order valence-electron chi connectivity index (χ4n) is 4.33. The van der Waals surface area contributed by atoms with E-state index in [0.717, 1.165) is 25.7 Å². The predicted molar refractivity (Wildman–Crippen MR) is 104 cm³/mol. The van der Waals surface area contributed by atoms with Gasteiger partial charge in [-0.2, -0.15) is 0 Å². The zero-order chi connectivity index (χ0) is 19.1. The highest BCUT2D eigenvalue weighted by Gasteiger charge is 2.28. The largest absolute Gasteiger partial charge is 0.494 e. The molecule has 0 aromatic carbocycles. The van der Waals surface area contributed by atoms with Crippen molar-refractivity contribution in [3.05, 3.63) is 18.5 Å². The number of methoxy groups -OCH3 is 1. The molecule has 0 radical (unpaired) electrons. The Morgan fingerprint density at radius 2 is 1.85 bits per heavy atom. The highest BCUT2D eigenvalue weighted by molar-refractivity contribution is 5.93. The van der Waals surface area contributed by atoms with Crippen molar-refractivity contribution >= 4 is 17.5 Å². The molecule has 148 valence electrons. The lowest BCUT2D eigenvalue weighted by Crippen LogP contribution is -2.40. The number of pyridine rings is 1. The van der Waals surface area contributed by atoms with Crippen LogP contribution in [0.1, 0.15) is 64.2 Å². The third-order valence-corrected chi connectivity index (χ3v) is 5.92. The molecule has 2 aliphatic carbocycles. The molecule has 6 nitrogen and oxygen atoms in total. The quantitative estimate of drug-likeness (QED) is 0.797. The summed E-state index contributed by atoms with van der Waals surface area (Å²) in [5, 5.41) is 6.12. The molecule has 0 aliphatic heterocycles. The standard InChI is InChI=1S/C21H31N3O3/c1-27-19-11-12-22-14-18(19)24-21(26)16-7-9-17(10-8-16)23-20(25)13-15-5-3-2-4-6-15/h11-12,14-17H,2-10,13H2,1H3,(H,23,25)(H,24,26). The van der Waals surface area contributed by atoms with Gasteiger partial charge in [-0.25, -0.2) is 0 Å². The van der Waals surface area contributed by atoms with E-state index in [-0.39, 0.29) is 23.8 Å². The summed E-state index contributed by atoms with van der Waals surface area (Å²) in [6.45, 7) is 0. The van der Waals surface area contributed by atoms with E-state index in [1.165, 1.54) is 32.1 Å². The van der Waals surface area contributed by atoms with E-state index in [1.54, 1.807) is 25.6 Å². The second kappa shape index (κ2) is 9.72. The van der Waals surface area contributed by atoms with Gasteiger partial charge in [0.25, 0.3) is 0 Å². The lowest BCUT2D eigenvalue weighted by molar-refractivity contribution is -0.123. The molecule has 1 heterocycles. The molecule has 27 heavy (non-hydrogen) atoms. The highest BCUT2D eigenvalue weighted by Crippen LogP contribution is 2.29. The van der Waals surface area contributed by atoms with Crippen molar-refractivity contribution in [3.63, 3.8) is 0 Å². The van der Waals surface area contributed by atoms with E-state index in [0.29, 0.717) is 23.8 Å². The number of hydrogen-bond donors (Lipinski definition) is 2. The molecule has 2 amide bonds. The van der Waals surface area contributed by atoms with Crippen molar-refractivity contribution in [1.82, 2.24) is 10.3 Å².